The quantitative estimate of drug-likeness (QED) is 0.0774. The molecule has 2 N–H and O–H groups in total. The van der Waals surface area contributed by atoms with E-state index in [0.29, 0.717) is 13.2 Å². The lowest BCUT2D eigenvalue weighted by molar-refractivity contribution is -0.884. The molecule has 1 aliphatic rings. The second kappa shape index (κ2) is 23.4. The smallest absolute Gasteiger partial charge is 0.333 e. The first kappa shape index (κ1) is 34.6. The second-order valence-corrected chi connectivity index (χ2v) is 12.8. The molecule has 0 saturated carbocycles. The Morgan fingerprint density at radius 3 is 1.84 bits per heavy atom. The molecule has 0 radical (unpaired) electrons. The molecule has 2 unspecified atom stereocenters. The van der Waals surface area contributed by atoms with Crippen molar-refractivity contribution < 1.29 is 33.2 Å². The van der Waals surface area contributed by atoms with Gasteiger partial charge in [-0.25, -0.2) is 0 Å². The molecule has 1 aliphatic heterocycles. The van der Waals surface area contributed by atoms with Crippen LogP contribution in [0.25, 0.3) is 0 Å². The number of carbonyl (C=O) groups is 1. The van der Waals surface area contributed by atoms with Crippen LogP contribution in [0.2, 0.25) is 0 Å². The molecule has 37 heavy (non-hydrogen) atoms. The predicted molar refractivity (Wildman–Crippen MR) is 151 cm³/mol. The number of rotatable bonds is 26. The molecule has 1 heterocycles. The summed E-state index contributed by atoms with van der Waals surface area (Å²) < 4.78 is 28.8. The molecule has 1 saturated heterocycles. The van der Waals surface area contributed by atoms with Gasteiger partial charge in [-0.2, -0.15) is 0 Å². The molecule has 0 aromatic carbocycles. The molecule has 0 bridgehead atoms. The lowest BCUT2D eigenvalue weighted by atomic mass is 10.0. The van der Waals surface area contributed by atoms with Gasteiger partial charge < -0.3 is 23.8 Å². The molecule has 1 fully saturated rings. The first-order chi connectivity index (χ1) is 18.0. The number of hydrogen-bond acceptors (Lipinski definition) is 5. The zero-order valence-electron chi connectivity index (χ0n) is 24.2. The van der Waals surface area contributed by atoms with Crippen LogP contribution in [0.1, 0.15) is 129 Å². The molecule has 0 spiro atoms. The Morgan fingerprint density at radius 1 is 0.811 bits per heavy atom. The van der Waals surface area contributed by atoms with E-state index in [-0.39, 0.29) is 31.8 Å². The van der Waals surface area contributed by atoms with Gasteiger partial charge in [0.1, 0.15) is 6.10 Å². The summed E-state index contributed by atoms with van der Waals surface area (Å²) in [6.45, 7) is 7.46. The Kier molecular flexibility index (Phi) is 21.9. The van der Waals surface area contributed by atoms with Crippen molar-refractivity contribution in [1.29, 1.82) is 0 Å². The highest BCUT2D eigenvalue weighted by Gasteiger charge is 2.27. The normalized spacial score (nSPS) is 16.6. The predicted octanol–water partition coefficient (Wildman–Crippen LogP) is 6.08. The maximum Gasteiger partial charge on any atom is 0.333 e. The minimum absolute atomic E-state index is 0.103. The van der Waals surface area contributed by atoms with Crippen LogP contribution in [0, 0.1) is 0 Å². The summed E-state index contributed by atoms with van der Waals surface area (Å²) in [6.07, 6.45) is 21.9. The van der Waals surface area contributed by atoms with E-state index in [2.05, 4.69) is 6.92 Å². The van der Waals surface area contributed by atoms with E-state index in [1.807, 2.05) is 0 Å². The van der Waals surface area contributed by atoms with E-state index in [9.17, 15) is 14.3 Å². The molecular weight excluding hydrogens is 489 g/mol. The van der Waals surface area contributed by atoms with Gasteiger partial charge in [-0.05, 0) is 6.42 Å². The van der Waals surface area contributed by atoms with Gasteiger partial charge in [0, 0.05) is 25.9 Å². The van der Waals surface area contributed by atoms with E-state index in [4.69, 9.17) is 14.0 Å². The Labute approximate surface area is 227 Å². The molecular formula is C29H59NO6P+. The number of ether oxygens (including phenoxy) is 2. The van der Waals surface area contributed by atoms with Gasteiger partial charge in [-0.3, -0.25) is 9.36 Å². The lowest BCUT2D eigenvalue weighted by Crippen LogP contribution is -3.10. The number of nitrogens with one attached hydrogen (secondary N) is 1. The first-order valence-electron chi connectivity index (χ1n) is 15.5. The molecule has 2 atom stereocenters. The summed E-state index contributed by atoms with van der Waals surface area (Å²) in [5.41, 5.74) is 0. The lowest BCUT2D eigenvalue weighted by Gasteiger charge is -2.20. The molecule has 0 aromatic heterocycles. The Bertz CT molecular complexity index is 585. The van der Waals surface area contributed by atoms with Gasteiger partial charge in [0.15, 0.2) is 0 Å². The topological polar surface area (TPSA) is 86.5 Å². The zero-order valence-corrected chi connectivity index (χ0v) is 25.1. The number of esters is 1. The average Bonchev–Trinajstić information content (AvgIpc) is 3.41. The van der Waals surface area contributed by atoms with Gasteiger partial charge in [0.05, 0.1) is 39.0 Å². The van der Waals surface area contributed by atoms with E-state index in [1.165, 1.54) is 101 Å². The maximum atomic E-state index is 12.4. The van der Waals surface area contributed by atoms with Crippen molar-refractivity contribution in [2.24, 2.45) is 0 Å². The minimum Gasteiger partial charge on any atom is -0.457 e. The van der Waals surface area contributed by atoms with Gasteiger partial charge in [-0.1, -0.05) is 104 Å². The molecule has 1 rings (SSSR count). The third-order valence-corrected chi connectivity index (χ3v) is 8.64. The van der Waals surface area contributed by atoms with Crippen molar-refractivity contribution >= 4 is 13.6 Å². The maximum absolute atomic E-state index is 12.4. The fourth-order valence-corrected chi connectivity index (χ4v) is 5.99. The number of quaternary nitrogens is 1. The molecule has 220 valence electrons. The highest BCUT2D eigenvalue weighted by Crippen LogP contribution is 2.41. The molecule has 8 heteroatoms. The monoisotopic (exact) mass is 548 g/mol. The summed E-state index contributed by atoms with van der Waals surface area (Å²) >= 11 is 0. The molecule has 0 aliphatic carbocycles. The Hall–Kier alpha value is -0.460. The number of unbranched alkanes of at least 4 members (excludes halogenated alkanes) is 14. The van der Waals surface area contributed by atoms with Crippen LogP contribution in [0.15, 0.2) is 0 Å². The van der Waals surface area contributed by atoms with E-state index < -0.39 is 13.7 Å². The standard InChI is InChI=1S/C29H58NO6P/c1-3-5-6-7-8-9-10-11-12-13-14-15-16-17-20-24-34-26-28(36-29(31)4-2)27-35-37(32,33)25-23-30-21-18-19-22-30/h28H,3-27H2,1-2H3,(H,32,33)/p+1. The average molecular weight is 549 g/mol. The van der Waals surface area contributed by atoms with Crippen LogP contribution >= 0.6 is 7.60 Å². The van der Waals surface area contributed by atoms with Gasteiger partial charge in [0.25, 0.3) is 0 Å². The summed E-state index contributed by atoms with van der Waals surface area (Å²) in [4.78, 5) is 23.3. The fourth-order valence-electron chi connectivity index (χ4n) is 4.86. The van der Waals surface area contributed by atoms with Crippen molar-refractivity contribution in [3.63, 3.8) is 0 Å². The SMILES string of the molecule is CCCCCCCCCCCCCCCCCOCC(COP(=O)(O)CC[NH+]1CCCC1)OC(=O)CC. The molecule has 7 nitrogen and oxygen atoms in total. The first-order valence-corrected chi connectivity index (χ1v) is 17.3. The highest BCUT2D eigenvalue weighted by atomic mass is 31.2. The van der Waals surface area contributed by atoms with Crippen LogP contribution in [-0.2, 0) is 23.4 Å². The molecule has 0 amide bonds. The van der Waals surface area contributed by atoms with Gasteiger partial charge in [-0.15, -0.1) is 0 Å². The Morgan fingerprint density at radius 2 is 1.32 bits per heavy atom. The third kappa shape index (κ3) is 21.1. The van der Waals surface area contributed by atoms with Crippen molar-refractivity contribution in [2.75, 3.05) is 45.6 Å². The molecule has 0 aromatic rings. The van der Waals surface area contributed by atoms with E-state index in [1.54, 1.807) is 6.92 Å². The van der Waals surface area contributed by atoms with E-state index >= 15 is 0 Å². The minimum atomic E-state index is -3.70. The third-order valence-electron chi connectivity index (χ3n) is 7.30. The largest absolute Gasteiger partial charge is 0.457 e. The van der Waals surface area contributed by atoms with Crippen molar-refractivity contribution in [1.82, 2.24) is 0 Å². The van der Waals surface area contributed by atoms with Crippen molar-refractivity contribution in [3.05, 3.63) is 0 Å². The number of hydrogen-bond donors (Lipinski definition) is 2. The van der Waals surface area contributed by atoms with Crippen LogP contribution in [0.3, 0.4) is 0 Å². The highest BCUT2D eigenvalue weighted by molar-refractivity contribution is 7.52. The number of likely N-dealkylation sites (tertiary alicyclic amines) is 1. The van der Waals surface area contributed by atoms with Gasteiger partial charge in [0.2, 0.25) is 0 Å². The number of carbonyl (C=O) groups excluding carboxylic acids is 1. The summed E-state index contributed by atoms with van der Waals surface area (Å²) in [7, 11) is -3.70. The summed E-state index contributed by atoms with van der Waals surface area (Å²) in [5, 5.41) is 0. The van der Waals surface area contributed by atoms with Crippen LogP contribution in [0.4, 0.5) is 0 Å². The van der Waals surface area contributed by atoms with E-state index in [0.717, 1.165) is 25.9 Å². The van der Waals surface area contributed by atoms with Crippen molar-refractivity contribution in [3.8, 4) is 0 Å². The zero-order chi connectivity index (χ0) is 27.0. The van der Waals surface area contributed by atoms with Crippen LogP contribution in [0.5, 0.6) is 0 Å². The Balaban J connectivity index is 2.02. The van der Waals surface area contributed by atoms with Crippen molar-refractivity contribution in [2.45, 2.75) is 136 Å². The summed E-state index contributed by atoms with van der Waals surface area (Å²) in [5.74, 6) is -0.349. The summed E-state index contributed by atoms with van der Waals surface area (Å²) in [6, 6.07) is 0. The van der Waals surface area contributed by atoms with Gasteiger partial charge >= 0.3 is 13.6 Å². The van der Waals surface area contributed by atoms with Crippen LogP contribution in [-0.4, -0.2) is 62.6 Å². The fraction of sp³-hybridized carbons (Fsp3) is 0.966. The second-order valence-electron chi connectivity index (χ2n) is 10.9. The van der Waals surface area contributed by atoms with Crippen LogP contribution < -0.4 is 4.90 Å².